The van der Waals surface area contributed by atoms with Crippen molar-refractivity contribution in [1.82, 2.24) is 29.7 Å². The van der Waals surface area contributed by atoms with E-state index in [2.05, 4.69) is 42.7 Å². The summed E-state index contributed by atoms with van der Waals surface area (Å²) in [6.45, 7) is 3.37. The third-order valence-corrected chi connectivity index (χ3v) is 2.44. The summed E-state index contributed by atoms with van der Waals surface area (Å²) >= 11 is 0. The second kappa shape index (κ2) is 6.73. The molecule has 0 fully saturated rings. The van der Waals surface area contributed by atoms with Gasteiger partial charge in [0.15, 0.2) is 0 Å². The number of hydrazine groups is 1. The minimum absolute atomic E-state index is 0.243. The number of nitrogen functional groups attached to an aromatic ring is 1. The van der Waals surface area contributed by atoms with Crippen LogP contribution in [0.5, 0.6) is 0 Å². The van der Waals surface area contributed by atoms with E-state index in [0.29, 0.717) is 31.0 Å². The van der Waals surface area contributed by atoms with Gasteiger partial charge in [-0.05, 0) is 5.92 Å². The van der Waals surface area contributed by atoms with Gasteiger partial charge in [-0.25, -0.2) is 10.8 Å². The van der Waals surface area contributed by atoms with E-state index in [0.717, 1.165) is 0 Å². The van der Waals surface area contributed by atoms with Gasteiger partial charge in [-0.3, -0.25) is 5.43 Å². The highest BCUT2D eigenvalue weighted by atomic mass is 16.5. The number of nitrogens with one attached hydrogen (secondary N) is 2. The van der Waals surface area contributed by atoms with E-state index in [1.165, 1.54) is 17.3 Å². The standard InChI is InChI=1S/C10H17N9O/c1-7(4-20-2)3-13-8-15-9(18-11)17-10(16-8)19-6-12-5-14-19/h5-7H,3-4,11H2,1-2H3,(H2,13,15,16,17,18). The summed E-state index contributed by atoms with van der Waals surface area (Å²) in [5.74, 6) is 6.64. The van der Waals surface area contributed by atoms with Crippen molar-refractivity contribution in [2.24, 2.45) is 11.8 Å². The number of aromatic nitrogens is 6. The average Bonchev–Trinajstić information content (AvgIpc) is 2.99. The summed E-state index contributed by atoms with van der Waals surface area (Å²) < 4.78 is 6.49. The lowest BCUT2D eigenvalue weighted by Crippen LogP contribution is -2.20. The maximum Gasteiger partial charge on any atom is 0.258 e. The molecule has 1 unspecified atom stereocenters. The first-order chi connectivity index (χ1) is 9.72. The van der Waals surface area contributed by atoms with Gasteiger partial charge in [-0.2, -0.15) is 24.7 Å². The first-order valence-electron chi connectivity index (χ1n) is 6.03. The quantitative estimate of drug-likeness (QED) is 0.450. The predicted octanol–water partition coefficient (Wildman–Crippen LogP) is -0.568. The Morgan fingerprint density at radius 2 is 2.15 bits per heavy atom. The lowest BCUT2D eigenvalue weighted by atomic mass is 10.2. The summed E-state index contributed by atoms with van der Waals surface area (Å²) in [5, 5.41) is 7.07. The minimum atomic E-state index is 0.243. The van der Waals surface area contributed by atoms with Crippen LogP contribution < -0.4 is 16.6 Å². The van der Waals surface area contributed by atoms with Crippen LogP contribution in [0.15, 0.2) is 12.7 Å². The number of methoxy groups -OCH3 is 1. The smallest absolute Gasteiger partial charge is 0.258 e. The molecule has 0 saturated carbocycles. The minimum Gasteiger partial charge on any atom is -0.384 e. The topological polar surface area (TPSA) is 129 Å². The molecule has 0 spiro atoms. The SMILES string of the molecule is COCC(C)CNc1nc(NN)nc(-n2cncn2)n1. The highest BCUT2D eigenvalue weighted by Crippen LogP contribution is 2.08. The van der Waals surface area contributed by atoms with Crippen molar-refractivity contribution in [1.29, 1.82) is 0 Å². The number of hydrogen-bond acceptors (Lipinski definition) is 9. The van der Waals surface area contributed by atoms with Crippen molar-refractivity contribution in [2.75, 3.05) is 31.0 Å². The number of rotatable bonds is 7. The first-order valence-corrected chi connectivity index (χ1v) is 6.03. The van der Waals surface area contributed by atoms with E-state index in [-0.39, 0.29) is 5.95 Å². The monoisotopic (exact) mass is 279 g/mol. The van der Waals surface area contributed by atoms with Crippen LogP contribution in [-0.4, -0.2) is 50.0 Å². The molecule has 0 aliphatic rings. The Kier molecular flexibility index (Phi) is 4.74. The fourth-order valence-electron chi connectivity index (χ4n) is 1.53. The van der Waals surface area contributed by atoms with Crippen LogP contribution in [0.2, 0.25) is 0 Å². The molecule has 10 heteroatoms. The van der Waals surface area contributed by atoms with Gasteiger partial charge in [0.25, 0.3) is 5.95 Å². The van der Waals surface area contributed by atoms with E-state index in [1.807, 2.05) is 0 Å². The lowest BCUT2D eigenvalue weighted by molar-refractivity contribution is 0.164. The highest BCUT2D eigenvalue weighted by Gasteiger charge is 2.09. The molecule has 2 rings (SSSR count). The van der Waals surface area contributed by atoms with Crippen LogP contribution in [0.3, 0.4) is 0 Å². The Hall–Kier alpha value is -2.33. The third kappa shape index (κ3) is 3.59. The summed E-state index contributed by atoms with van der Waals surface area (Å²) in [6.07, 6.45) is 2.89. The summed E-state index contributed by atoms with van der Waals surface area (Å²) in [5.41, 5.74) is 2.39. The van der Waals surface area contributed by atoms with Gasteiger partial charge >= 0.3 is 0 Å². The summed E-state index contributed by atoms with van der Waals surface area (Å²) in [4.78, 5) is 16.3. The van der Waals surface area contributed by atoms with Crippen molar-refractivity contribution in [2.45, 2.75) is 6.92 Å². The van der Waals surface area contributed by atoms with Crippen molar-refractivity contribution in [3.05, 3.63) is 12.7 Å². The van der Waals surface area contributed by atoms with Gasteiger partial charge < -0.3 is 10.1 Å². The maximum atomic E-state index is 5.35. The Morgan fingerprint density at radius 1 is 1.35 bits per heavy atom. The maximum absolute atomic E-state index is 5.35. The molecule has 2 aromatic rings. The Bertz CT molecular complexity index is 530. The van der Waals surface area contributed by atoms with E-state index in [9.17, 15) is 0 Å². The van der Waals surface area contributed by atoms with E-state index >= 15 is 0 Å². The Labute approximate surface area is 115 Å². The normalized spacial score (nSPS) is 12.2. The molecule has 0 bridgehead atoms. The van der Waals surface area contributed by atoms with Crippen molar-refractivity contribution in [3.8, 4) is 5.95 Å². The van der Waals surface area contributed by atoms with Gasteiger partial charge in [0.1, 0.15) is 12.7 Å². The van der Waals surface area contributed by atoms with Crippen molar-refractivity contribution in [3.63, 3.8) is 0 Å². The van der Waals surface area contributed by atoms with Crippen LogP contribution in [0, 0.1) is 5.92 Å². The van der Waals surface area contributed by atoms with Crippen LogP contribution in [0.1, 0.15) is 6.92 Å². The number of hydrogen-bond donors (Lipinski definition) is 3. The first kappa shape index (κ1) is 14.1. The number of anilines is 2. The fourth-order valence-corrected chi connectivity index (χ4v) is 1.53. The molecule has 0 aliphatic carbocycles. The lowest BCUT2D eigenvalue weighted by Gasteiger charge is -2.12. The van der Waals surface area contributed by atoms with Gasteiger partial charge in [0.05, 0.1) is 6.61 Å². The molecule has 0 saturated heterocycles. The van der Waals surface area contributed by atoms with Crippen molar-refractivity contribution >= 4 is 11.9 Å². The average molecular weight is 279 g/mol. The zero-order chi connectivity index (χ0) is 14.4. The molecule has 108 valence electrons. The Morgan fingerprint density at radius 3 is 2.80 bits per heavy atom. The highest BCUT2D eigenvalue weighted by molar-refractivity contribution is 5.36. The molecular formula is C10H17N9O. The van der Waals surface area contributed by atoms with Gasteiger partial charge in [-0.1, -0.05) is 6.92 Å². The van der Waals surface area contributed by atoms with Crippen LogP contribution >= 0.6 is 0 Å². The second-order valence-corrected chi connectivity index (χ2v) is 4.21. The van der Waals surface area contributed by atoms with Crippen LogP contribution in [0.4, 0.5) is 11.9 Å². The second-order valence-electron chi connectivity index (χ2n) is 4.21. The summed E-state index contributed by atoms with van der Waals surface area (Å²) in [7, 11) is 1.67. The van der Waals surface area contributed by atoms with E-state index < -0.39 is 0 Å². The molecule has 1 atom stereocenters. The molecule has 0 aliphatic heterocycles. The summed E-state index contributed by atoms with van der Waals surface area (Å²) in [6, 6.07) is 0. The molecule has 20 heavy (non-hydrogen) atoms. The van der Waals surface area contributed by atoms with Gasteiger partial charge in [0.2, 0.25) is 11.9 Å². The number of nitrogens with zero attached hydrogens (tertiary/aromatic N) is 6. The van der Waals surface area contributed by atoms with Crippen molar-refractivity contribution < 1.29 is 4.74 Å². The molecule has 2 heterocycles. The Balaban J connectivity index is 2.14. The molecule has 0 aromatic carbocycles. The number of nitrogens with two attached hydrogens (primary N) is 1. The van der Waals surface area contributed by atoms with Gasteiger partial charge in [0, 0.05) is 13.7 Å². The van der Waals surface area contributed by atoms with E-state index in [1.54, 1.807) is 7.11 Å². The zero-order valence-corrected chi connectivity index (χ0v) is 11.3. The van der Waals surface area contributed by atoms with Crippen LogP contribution in [0.25, 0.3) is 5.95 Å². The molecule has 0 radical (unpaired) electrons. The molecule has 2 aromatic heterocycles. The fraction of sp³-hybridized carbons (Fsp3) is 0.500. The molecular weight excluding hydrogens is 262 g/mol. The zero-order valence-electron chi connectivity index (χ0n) is 11.3. The molecule has 0 amide bonds. The molecule has 10 nitrogen and oxygen atoms in total. The largest absolute Gasteiger partial charge is 0.384 e. The third-order valence-electron chi connectivity index (χ3n) is 2.44. The number of ether oxygens (including phenoxy) is 1. The van der Waals surface area contributed by atoms with Gasteiger partial charge in [-0.15, -0.1) is 0 Å². The molecule has 4 N–H and O–H groups in total. The predicted molar refractivity (Wildman–Crippen MR) is 72.1 cm³/mol. The van der Waals surface area contributed by atoms with Crippen LogP contribution in [-0.2, 0) is 4.74 Å². The van der Waals surface area contributed by atoms with E-state index in [4.69, 9.17) is 10.6 Å².